The van der Waals surface area contributed by atoms with E-state index >= 15 is 0 Å². The molecule has 1 aromatic carbocycles. The topological polar surface area (TPSA) is 53.0 Å². The fourth-order valence-corrected chi connectivity index (χ4v) is 3.65. The zero-order valence-electron chi connectivity index (χ0n) is 14.1. The molecule has 0 unspecified atom stereocenters. The highest BCUT2D eigenvalue weighted by Crippen LogP contribution is 2.29. The quantitative estimate of drug-likeness (QED) is 0.771. The van der Waals surface area contributed by atoms with E-state index in [1.165, 1.54) is 5.56 Å². The van der Waals surface area contributed by atoms with Crippen molar-refractivity contribution >= 4 is 17.7 Å². The number of aliphatic carboxylic acids is 1. The molecule has 0 saturated carbocycles. The molecule has 1 N–H and O–H groups in total. The van der Waals surface area contributed by atoms with Crippen molar-refractivity contribution in [2.45, 2.75) is 30.3 Å². The second kappa shape index (κ2) is 8.57. The number of nitrogens with zero attached hydrogens (tertiary/aromatic N) is 2. The molecule has 0 spiro atoms. The Balaban J connectivity index is 1.88. The van der Waals surface area contributed by atoms with Gasteiger partial charge in [-0.1, -0.05) is 6.07 Å². The Hall–Kier alpha value is -1.24. The zero-order chi connectivity index (χ0) is 16.8. The van der Waals surface area contributed by atoms with Gasteiger partial charge in [0.2, 0.25) is 0 Å². The first-order valence-corrected chi connectivity index (χ1v) is 9.11. The lowest BCUT2D eigenvalue weighted by atomic mass is 10.0. The molecule has 2 rings (SSSR count). The summed E-state index contributed by atoms with van der Waals surface area (Å²) in [7, 11) is 3.61. The molecular weight excluding hydrogens is 312 g/mol. The fourth-order valence-electron chi connectivity index (χ4n) is 3.10. The number of likely N-dealkylation sites (tertiary alicyclic amines) is 1. The van der Waals surface area contributed by atoms with Crippen molar-refractivity contribution < 1.29 is 14.6 Å². The second-order valence-corrected chi connectivity index (χ2v) is 6.85. The van der Waals surface area contributed by atoms with Gasteiger partial charge in [0.15, 0.2) is 0 Å². The number of benzene rings is 1. The van der Waals surface area contributed by atoms with Gasteiger partial charge in [0.1, 0.15) is 5.75 Å². The minimum Gasteiger partial charge on any atom is -0.496 e. The predicted molar refractivity (Wildman–Crippen MR) is 93.3 cm³/mol. The van der Waals surface area contributed by atoms with Gasteiger partial charge < -0.3 is 9.84 Å². The summed E-state index contributed by atoms with van der Waals surface area (Å²) in [5.74, 6) is 0.182. The Bertz CT molecular complexity index is 531. The maximum Gasteiger partial charge on any atom is 0.317 e. The van der Waals surface area contributed by atoms with E-state index < -0.39 is 5.97 Å². The summed E-state index contributed by atoms with van der Waals surface area (Å²) in [6.07, 6.45) is 4.09. The normalized spacial score (nSPS) is 16.7. The highest BCUT2D eigenvalue weighted by Gasteiger charge is 2.23. The largest absolute Gasteiger partial charge is 0.496 e. The average molecular weight is 338 g/mol. The summed E-state index contributed by atoms with van der Waals surface area (Å²) < 4.78 is 5.45. The zero-order valence-corrected chi connectivity index (χ0v) is 14.9. The third kappa shape index (κ3) is 5.12. The number of hydrogen-bond donors (Lipinski definition) is 1. The van der Waals surface area contributed by atoms with E-state index in [9.17, 15) is 4.79 Å². The van der Waals surface area contributed by atoms with Crippen molar-refractivity contribution in [1.29, 1.82) is 0 Å². The smallest absolute Gasteiger partial charge is 0.317 e. The summed E-state index contributed by atoms with van der Waals surface area (Å²) in [6, 6.07) is 6.77. The molecule has 1 fully saturated rings. The highest BCUT2D eigenvalue weighted by atomic mass is 32.2. The second-order valence-electron chi connectivity index (χ2n) is 6.01. The van der Waals surface area contributed by atoms with Crippen LogP contribution < -0.4 is 4.74 Å². The van der Waals surface area contributed by atoms with Crippen LogP contribution in [0.25, 0.3) is 0 Å². The number of thioether (sulfide) groups is 1. The van der Waals surface area contributed by atoms with Crippen molar-refractivity contribution in [3.05, 3.63) is 23.8 Å². The van der Waals surface area contributed by atoms with Crippen LogP contribution in [0.1, 0.15) is 18.4 Å². The van der Waals surface area contributed by atoms with Crippen LogP contribution in [-0.4, -0.2) is 67.0 Å². The number of piperidine rings is 1. The average Bonchev–Trinajstić information content (AvgIpc) is 2.54. The Morgan fingerprint density at radius 1 is 1.43 bits per heavy atom. The molecule has 1 aromatic rings. The van der Waals surface area contributed by atoms with E-state index in [0.29, 0.717) is 6.04 Å². The molecule has 0 aromatic heterocycles. The Morgan fingerprint density at radius 2 is 2.13 bits per heavy atom. The summed E-state index contributed by atoms with van der Waals surface area (Å²) in [6.45, 7) is 3.04. The van der Waals surface area contributed by atoms with Crippen LogP contribution in [0.4, 0.5) is 0 Å². The summed E-state index contributed by atoms with van der Waals surface area (Å²) in [4.78, 5) is 16.3. The molecule has 0 aliphatic carbocycles. The van der Waals surface area contributed by atoms with Crippen LogP contribution in [0, 0.1) is 0 Å². The molecule has 0 atom stereocenters. The number of carboxylic acids is 1. The predicted octanol–water partition coefficient (Wildman–Crippen LogP) is 2.40. The van der Waals surface area contributed by atoms with Crippen molar-refractivity contribution in [2.24, 2.45) is 0 Å². The number of carboxylic acid groups (broad SMARTS) is 1. The number of carbonyl (C=O) groups is 1. The summed E-state index contributed by atoms with van der Waals surface area (Å²) in [5, 5.41) is 8.89. The van der Waals surface area contributed by atoms with Gasteiger partial charge in [0.05, 0.1) is 13.7 Å². The van der Waals surface area contributed by atoms with Gasteiger partial charge in [-0.05, 0) is 56.9 Å². The van der Waals surface area contributed by atoms with E-state index in [0.717, 1.165) is 43.1 Å². The van der Waals surface area contributed by atoms with Crippen molar-refractivity contribution in [2.75, 3.05) is 40.0 Å². The Labute approximate surface area is 142 Å². The number of rotatable bonds is 7. The number of methoxy groups -OCH3 is 1. The molecule has 1 saturated heterocycles. The van der Waals surface area contributed by atoms with Gasteiger partial charge in [-0.15, -0.1) is 11.8 Å². The van der Waals surface area contributed by atoms with E-state index in [1.807, 2.05) is 11.9 Å². The van der Waals surface area contributed by atoms with Crippen LogP contribution >= 0.6 is 11.8 Å². The number of ether oxygens (including phenoxy) is 1. The van der Waals surface area contributed by atoms with Gasteiger partial charge in [-0.25, -0.2) is 0 Å². The third-order valence-corrected chi connectivity index (χ3v) is 5.20. The van der Waals surface area contributed by atoms with E-state index in [4.69, 9.17) is 9.84 Å². The minimum atomic E-state index is -0.754. The molecule has 1 heterocycles. The molecule has 0 radical (unpaired) electrons. The van der Waals surface area contributed by atoms with Crippen LogP contribution in [0.3, 0.4) is 0 Å². The monoisotopic (exact) mass is 338 g/mol. The Kier molecular flexibility index (Phi) is 6.74. The van der Waals surface area contributed by atoms with E-state index in [1.54, 1.807) is 18.9 Å². The molecule has 1 aliphatic rings. The lowest BCUT2D eigenvalue weighted by molar-refractivity contribution is -0.138. The first-order chi connectivity index (χ1) is 11.0. The Morgan fingerprint density at radius 3 is 2.70 bits per heavy atom. The first-order valence-electron chi connectivity index (χ1n) is 7.88. The molecule has 128 valence electrons. The van der Waals surface area contributed by atoms with Crippen LogP contribution in [0.15, 0.2) is 23.1 Å². The van der Waals surface area contributed by atoms with Gasteiger partial charge >= 0.3 is 5.97 Å². The minimum absolute atomic E-state index is 0.123. The lowest BCUT2D eigenvalue weighted by Gasteiger charge is -2.36. The van der Waals surface area contributed by atoms with Crippen LogP contribution in [-0.2, 0) is 11.3 Å². The molecule has 0 bridgehead atoms. The molecule has 6 heteroatoms. The number of likely N-dealkylation sites (N-methyl/N-ethyl adjacent to an activating group) is 1. The lowest BCUT2D eigenvalue weighted by Crippen LogP contribution is -2.44. The van der Waals surface area contributed by atoms with E-state index in [2.05, 4.69) is 29.4 Å². The van der Waals surface area contributed by atoms with Crippen molar-refractivity contribution in [3.8, 4) is 5.75 Å². The third-order valence-electron chi connectivity index (χ3n) is 4.42. The van der Waals surface area contributed by atoms with Gasteiger partial charge in [-0.2, -0.15) is 0 Å². The van der Waals surface area contributed by atoms with E-state index in [-0.39, 0.29) is 6.54 Å². The molecule has 5 nitrogen and oxygen atoms in total. The van der Waals surface area contributed by atoms with Crippen LogP contribution in [0.5, 0.6) is 5.75 Å². The molecule has 1 aliphatic heterocycles. The standard InChI is InChI=1S/C17H26N2O3S/c1-18(12-17(20)21)14-6-8-19(9-7-14)11-13-4-5-16(23-3)15(10-13)22-2/h4-5,10,14H,6-9,11-12H2,1-3H3,(H,20,21). The van der Waals surface area contributed by atoms with Gasteiger partial charge in [0.25, 0.3) is 0 Å². The van der Waals surface area contributed by atoms with Gasteiger partial charge in [0, 0.05) is 17.5 Å². The fraction of sp³-hybridized carbons (Fsp3) is 0.588. The number of hydrogen-bond acceptors (Lipinski definition) is 5. The maximum atomic E-state index is 10.8. The van der Waals surface area contributed by atoms with Crippen molar-refractivity contribution in [1.82, 2.24) is 9.80 Å². The molecule has 0 amide bonds. The van der Waals surface area contributed by atoms with Crippen molar-refractivity contribution in [3.63, 3.8) is 0 Å². The summed E-state index contributed by atoms with van der Waals surface area (Å²) >= 11 is 1.69. The first kappa shape index (κ1) is 18.1. The highest BCUT2D eigenvalue weighted by molar-refractivity contribution is 7.98. The summed E-state index contributed by atoms with van der Waals surface area (Å²) in [5.41, 5.74) is 1.26. The van der Waals surface area contributed by atoms with Gasteiger partial charge in [-0.3, -0.25) is 14.6 Å². The maximum absolute atomic E-state index is 10.8. The molecular formula is C17H26N2O3S. The van der Waals surface area contributed by atoms with Crippen LogP contribution in [0.2, 0.25) is 0 Å². The SMILES string of the molecule is COc1cc(CN2CCC(N(C)CC(=O)O)CC2)ccc1SC. The molecule has 23 heavy (non-hydrogen) atoms.